The third kappa shape index (κ3) is 4.94. The molecule has 0 spiro atoms. The van der Waals surface area contributed by atoms with E-state index in [-0.39, 0.29) is 5.91 Å². The van der Waals surface area contributed by atoms with Gasteiger partial charge in [0.15, 0.2) is 0 Å². The summed E-state index contributed by atoms with van der Waals surface area (Å²) in [5.74, 6) is 0.0230. The molecule has 0 aromatic heterocycles. The Bertz CT molecular complexity index is 393. The number of nitrogens with one attached hydrogen (secondary N) is 1. The van der Waals surface area contributed by atoms with Crippen LogP contribution in [0.1, 0.15) is 35.2 Å². The molecule has 3 nitrogen and oxygen atoms in total. The molecule has 0 heterocycles. The number of carbonyl (C=O) groups excluding carboxylic acids is 1. The van der Waals surface area contributed by atoms with E-state index in [0.717, 1.165) is 47.1 Å². The van der Waals surface area contributed by atoms with Crippen LogP contribution in [-0.2, 0) is 4.74 Å². The predicted octanol–water partition coefficient (Wildman–Crippen LogP) is 3.15. The zero-order valence-corrected chi connectivity index (χ0v) is 13.1. The standard InChI is InChI=1S/C14H20INO2/c1-11-7-6-8-12(13(11)15)14(17)16-9-4-3-5-10-18-2/h6-8H,3-5,9-10H2,1-2H3,(H,16,17). The second kappa shape index (κ2) is 8.48. The van der Waals surface area contributed by atoms with E-state index in [0.29, 0.717) is 0 Å². The first-order valence-electron chi connectivity index (χ1n) is 6.19. The van der Waals surface area contributed by atoms with E-state index < -0.39 is 0 Å². The van der Waals surface area contributed by atoms with E-state index in [1.807, 2.05) is 25.1 Å². The van der Waals surface area contributed by atoms with Crippen molar-refractivity contribution in [2.24, 2.45) is 0 Å². The number of methoxy groups -OCH3 is 1. The second-order valence-corrected chi connectivity index (χ2v) is 5.32. The molecule has 1 rings (SSSR count). The fourth-order valence-corrected chi connectivity index (χ4v) is 2.27. The van der Waals surface area contributed by atoms with Gasteiger partial charge >= 0.3 is 0 Å². The fourth-order valence-electron chi connectivity index (χ4n) is 1.67. The minimum Gasteiger partial charge on any atom is -0.385 e. The summed E-state index contributed by atoms with van der Waals surface area (Å²) in [6, 6.07) is 5.81. The summed E-state index contributed by atoms with van der Waals surface area (Å²) >= 11 is 2.22. The Labute approximate surface area is 122 Å². The largest absolute Gasteiger partial charge is 0.385 e. The molecule has 0 fully saturated rings. The van der Waals surface area contributed by atoms with Crippen molar-refractivity contribution in [2.75, 3.05) is 20.3 Å². The zero-order chi connectivity index (χ0) is 13.4. The molecule has 0 bridgehead atoms. The molecular formula is C14H20INO2. The van der Waals surface area contributed by atoms with Crippen molar-refractivity contribution < 1.29 is 9.53 Å². The van der Waals surface area contributed by atoms with Gasteiger partial charge in [0.2, 0.25) is 0 Å². The van der Waals surface area contributed by atoms with Crippen LogP contribution in [0.3, 0.4) is 0 Å². The van der Waals surface area contributed by atoms with Gasteiger partial charge in [-0.2, -0.15) is 0 Å². The smallest absolute Gasteiger partial charge is 0.252 e. The van der Waals surface area contributed by atoms with Crippen LogP contribution in [0.25, 0.3) is 0 Å². The lowest BCUT2D eigenvalue weighted by atomic mass is 10.1. The Morgan fingerprint density at radius 3 is 2.83 bits per heavy atom. The van der Waals surface area contributed by atoms with Gasteiger partial charge in [0.05, 0.1) is 5.56 Å². The van der Waals surface area contributed by atoms with Crippen LogP contribution in [0.15, 0.2) is 18.2 Å². The highest BCUT2D eigenvalue weighted by atomic mass is 127. The summed E-state index contributed by atoms with van der Waals surface area (Å²) in [6.45, 7) is 3.54. The number of aryl methyl sites for hydroxylation is 1. The minimum absolute atomic E-state index is 0.0230. The second-order valence-electron chi connectivity index (χ2n) is 4.25. The summed E-state index contributed by atoms with van der Waals surface area (Å²) in [5, 5.41) is 2.96. The molecule has 0 radical (unpaired) electrons. The molecule has 0 atom stereocenters. The lowest BCUT2D eigenvalue weighted by Gasteiger charge is -2.08. The van der Waals surface area contributed by atoms with Gasteiger partial charge in [-0.1, -0.05) is 12.1 Å². The lowest BCUT2D eigenvalue weighted by Crippen LogP contribution is -2.25. The third-order valence-corrected chi connectivity index (χ3v) is 4.18. The maximum Gasteiger partial charge on any atom is 0.252 e. The fraction of sp³-hybridized carbons (Fsp3) is 0.500. The Balaban J connectivity index is 2.35. The molecule has 0 aliphatic carbocycles. The summed E-state index contributed by atoms with van der Waals surface area (Å²) in [6.07, 6.45) is 3.13. The molecule has 1 amide bonds. The van der Waals surface area contributed by atoms with Crippen molar-refractivity contribution >= 4 is 28.5 Å². The molecule has 0 aliphatic heterocycles. The van der Waals surface area contributed by atoms with Crippen molar-refractivity contribution in [3.05, 3.63) is 32.9 Å². The first-order chi connectivity index (χ1) is 8.66. The first kappa shape index (κ1) is 15.4. The van der Waals surface area contributed by atoms with Gasteiger partial charge in [0.1, 0.15) is 0 Å². The van der Waals surface area contributed by atoms with Crippen molar-refractivity contribution in [1.82, 2.24) is 5.32 Å². The van der Waals surface area contributed by atoms with Crippen molar-refractivity contribution in [2.45, 2.75) is 26.2 Å². The van der Waals surface area contributed by atoms with Crippen LogP contribution in [0.4, 0.5) is 0 Å². The van der Waals surface area contributed by atoms with Crippen molar-refractivity contribution in [3.8, 4) is 0 Å². The van der Waals surface area contributed by atoms with Gasteiger partial charge in [-0.05, 0) is 60.4 Å². The van der Waals surface area contributed by atoms with Gasteiger partial charge in [-0.25, -0.2) is 0 Å². The van der Waals surface area contributed by atoms with Gasteiger partial charge < -0.3 is 10.1 Å². The van der Waals surface area contributed by atoms with Crippen molar-refractivity contribution in [3.63, 3.8) is 0 Å². The predicted molar refractivity (Wildman–Crippen MR) is 82.0 cm³/mol. The van der Waals surface area contributed by atoms with Gasteiger partial charge in [0, 0.05) is 23.8 Å². The summed E-state index contributed by atoms with van der Waals surface area (Å²) in [4.78, 5) is 12.0. The van der Waals surface area contributed by atoms with Gasteiger partial charge in [-0.15, -0.1) is 0 Å². The van der Waals surface area contributed by atoms with Crippen LogP contribution in [0.5, 0.6) is 0 Å². The first-order valence-corrected chi connectivity index (χ1v) is 7.27. The Morgan fingerprint density at radius 2 is 2.11 bits per heavy atom. The Kier molecular flexibility index (Phi) is 7.27. The zero-order valence-electron chi connectivity index (χ0n) is 11.0. The molecule has 0 saturated heterocycles. The van der Waals surface area contributed by atoms with Crippen LogP contribution in [0, 0.1) is 10.5 Å². The molecule has 4 heteroatoms. The van der Waals surface area contributed by atoms with E-state index >= 15 is 0 Å². The number of rotatable bonds is 7. The van der Waals surface area contributed by atoms with Gasteiger partial charge in [-0.3, -0.25) is 4.79 Å². The van der Waals surface area contributed by atoms with Crippen LogP contribution < -0.4 is 5.32 Å². The van der Waals surface area contributed by atoms with Crippen LogP contribution >= 0.6 is 22.6 Å². The van der Waals surface area contributed by atoms with Crippen LogP contribution in [-0.4, -0.2) is 26.2 Å². The molecular weight excluding hydrogens is 341 g/mol. The average Bonchev–Trinajstić information content (AvgIpc) is 2.36. The maximum absolute atomic E-state index is 12.0. The highest BCUT2D eigenvalue weighted by Crippen LogP contribution is 2.16. The highest BCUT2D eigenvalue weighted by Gasteiger charge is 2.09. The minimum atomic E-state index is 0.0230. The average molecular weight is 361 g/mol. The van der Waals surface area contributed by atoms with E-state index in [1.165, 1.54) is 0 Å². The molecule has 1 N–H and O–H groups in total. The Morgan fingerprint density at radius 1 is 1.33 bits per heavy atom. The topological polar surface area (TPSA) is 38.3 Å². The molecule has 1 aromatic carbocycles. The molecule has 0 saturated carbocycles. The monoisotopic (exact) mass is 361 g/mol. The number of halogens is 1. The number of amides is 1. The van der Waals surface area contributed by atoms with E-state index in [2.05, 4.69) is 27.9 Å². The maximum atomic E-state index is 12.0. The molecule has 0 aliphatic rings. The van der Waals surface area contributed by atoms with Gasteiger partial charge in [0.25, 0.3) is 5.91 Å². The highest BCUT2D eigenvalue weighted by molar-refractivity contribution is 14.1. The number of hydrogen-bond acceptors (Lipinski definition) is 2. The number of unbranched alkanes of at least 4 members (excludes halogenated alkanes) is 2. The molecule has 1 aromatic rings. The SMILES string of the molecule is COCCCCCNC(=O)c1cccc(C)c1I. The molecule has 0 unspecified atom stereocenters. The summed E-state index contributed by atoms with van der Waals surface area (Å²) < 4.78 is 6.01. The van der Waals surface area contributed by atoms with E-state index in [1.54, 1.807) is 7.11 Å². The Hall–Kier alpha value is -0.620. The molecule has 100 valence electrons. The van der Waals surface area contributed by atoms with Crippen LogP contribution in [0.2, 0.25) is 0 Å². The van der Waals surface area contributed by atoms with E-state index in [4.69, 9.17) is 4.74 Å². The number of hydrogen-bond donors (Lipinski definition) is 1. The normalized spacial score (nSPS) is 10.4. The molecule has 18 heavy (non-hydrogen) atoms. The summed E-state index contributed by atoms with van der Waals surface area (Å²) in [5.41, 5.74) is 1.91. The number of benzene rings is 1. The third-order valence-electron chi connectivity index (χ3n) is 2.75. The lowest BCUT2D eigenvalue weighted by molar-refractivity contribution is 0.0951. The number of carbonyl (C=O) groups is 1. The number of ether oxygens (including phenoxy) is 1. The quantitative estimate of drug-likeness (QED) is 0.599. The van der Waals surface area contributed by atoms with E-state index in [9.17, 15) is 4.79 Å². The summed E-state index contributed by atoms with van der Waals surface area (Å²) in [7, 11) is 1.71. The van der Waals surface area contributed by atoms with Crippen molar-refractivity contribution in [1.29, 1.82) is 0 Å².